The zero-order chi connectivity index (χ0) is 25.8. The van der Waals surface area contributed by atoms with Crippen LogP contribution >= 0.6 is 9.24 Å². The summed E-state index contributed by atoms with van der Waals surface area (Å²) in [5.41, 5.74) is 2.71. The molecule has 2 heterocycles. The van der Waals surface area contributed by atoms with Gasteiger partial charge in [0.15, 0.2) is 6.29 Å². The van der Waals surface area contributed by atoms with Crippen LogP contribution in [-0.4, -0.2) is 61.8 Å². The minimum absolute atomic E-state index is 0.134. The van der Waals surface area contributed by atoms with Crippen molar-refractivity contribution in [1.82, 2.24) is 10.6 Å². The Kier molecular flexibility index (Phi) is 8.59. The van der Waals surface area contributed by atoms with Crippen LogP contribution in [0.5, 0.6) is 5.75 Å². The maximum Gasteiger partial charge on any atom is 0.253 e. The SMILES string of the molecule is Cc1cc(P)cc(CNC(O)C(CC2OCCO2)C(=O)N[C@@H]2C(=O)N(C)c3ccccc3O[C@@H]2C)c1. The molecule has 0 spiro atoms. The first-order valence-corrected chi connectivity index (χ1v) is 12.6. The first-order chi connectivity index (χ1) is 17.2. The summed E-state index contributed by atoms with van der Waals surface area (Å²) in [7, 11) is 4.32. The van der Waals surface area contributed by atoms with E-state index in [1.807, 2.05) is 37.3 Å². The van der Waals surface area contributed by atoms with E-state index in [1.54, 1.807) is 26.1 Å². The highest BCUT2D eigenvalue weighted by Crippen LogP contribution is 2.32. The summed E-state index contributed by atoms with van der Waals surface area (Å²) in [5, 5.41) is 17.9. The highest BCUT2D eigenvalue weighted by molar-refractivity contribution is 7.27. The molecule has 2 aromatic carbocycles. The van der Waals surface area contributed by atoms with E-state index < -0.39 is 36.5 Å². The number of rotatable bonds is 8. The monoisotopic (exact) mass is 515 g/mol. The fraction of sp³-hybridized carbons (Fsp3) is 0.462. The molecule has 5 atom stereocenters. The van der Waals surface area contributed by atoms with Gasteiger partial charge in [0, 0.05) is 20.0 Å². The van der Waals surface area contributed by atoms with E-state index >= 15 is 0 Å². The molecule has 2 amide bonds. The van der Waals surface area contributed by atoms with Crippen molar-refractivity contribution in [2.24, 2.45) is 5.92 Å². The van der Waals surface area contributed by atoms with Gasteiger partial charge in [-0.25, -0.2) is 0 Å². The summed E-state index contributed by atoms with van der Waals surface area (Å²) in [6.07, 6.45) is -2.29. The van der Waals surface area contributed by atoms with Crippen LogP contribution in [-0.2, 0) is 25.6 Å². The lowest BCUT2D eigenvalue weighted by atomic mass is 10.00. The van der Waals surface area contributed by atoms with Gasteiger partial charge in [0.1, 0.15) is 24.1 Å². The molecule has 1 saturated heterocycles. The lowest BCUT2D eigenvalue weighted by Crippen LogP contribution is -2.56. The molecule has 0 radical (unpaired) electrons. The van der Waals surface area contributed by atoms with Crippen molar-refractivity contribution in [1.29, 1.82) is 0 Å². The molecule has 2 aliphatic rings. The zero-order valence-corrected chi connectivity index (χ0v) is 21.9. The lowest BCUT2D eigenvalue weighted by Gasteiger charge is -2.29. The maximum absolute atomic E-state index is 13.5. The number of anilines is 1. The second-order valence-electron chi connectivity index (χ2n) is 9.27. The number of aliphatic hydroxyl groups excluding tert-OH is 1. The van der Waals surface area contributed by atoms with Gasteiger partial charge >= 0.3 is 0 Å². The van der Waals surface area contributed by atoms with E-state index in [0.29, 0.717) is 31.2 Å². The van der Waals surface area contributed by atoms with Gasteiger partial charge in [0.05, 0.1) is 24.8 Å². The van der Waals surface area contributed by atoms with Crippen LogP contribution in [0.3, 0.4) is 0 Å². The first-order valence-electron chi connectivity index (χ1n) is 12.1. The summed E-state index contributed by atoms with van der Waals surface area (Å²) in [6, 6.07) is 12.3. The number of ether oxygens (including phenoxy) is 3. The Morgan fingerprint density at radius 3 is 2.67 bits per heavy atom. The van der Waals surface area contributed by atoms with Crippen LogP contribution < -0.4 is 25.6 Å². The van der Waals surface area contributed by atoms with Crippen molar-refractivity contribution < 1.29 is 28.9 Å². The van der Waals surface area contributed by atoms with Crippen molar-refractivity contribution in [3.8, 4) is 5.75 Å². The minimum Gasteiger partial charge on any atom is -0.486 e. The first kappa shape index (κ1) is 26.5. The van der Waals surface area contributed by atoms with Crippen molar-refractivity contribution in [3.63, 3.8) is 0 Å². The van der Waals surface area contributed by atoms with Crippen LogP contribution in [0, 0.1) is 12.8 Å². The predicted octanol–water partition coefficient (Wildman–Crippen LogP) is 1.21. The zero-order valence-electron chi connectivity index (χ0n) is 20.8. The maximum atomic E-state index is 13.5. The van der Waals surface area contributed by atoms with E-state index in [1.165, 1.54) is 4.90 Å². The number of hydrogen-bond acceptors (Lipinski definition) is 7. The number of carbonyl (C=O) groups is 2. The highest BCUT2D eigenvalue weighted by Gasteiger charge is 2.39. The molecule has 194 valence electrons. The Morgan fingerprint density at radius 1 is 1.22 bits per heavy atom. The van der Waals surface area contributed by atoms with Crippen molar-refractivity contribution in [2.45, 2.75) is 51.5 Å². The molecular weight excluding hydrogens is 481 g/mol. The standard InChI is InChI=1S/C26H34N3O6P/c1-15-10-17(12-18(36)11-15)14-27-24(30)19(13-22-33-8-9-34-22)25(31)28-23-16(2)35-21-7-5-4-6-20(21)29(3)26(23)32/h4-7,10-12,16,19,22-24,27,30H,8-9,13-14,36H2,1-3H3,(H,28,31)/t16-,19?,23+,24?/m1/s1. The van der Waals surface area contributed by atoms with E-state index in [9.17, 15) is 14.7 Å². The number of carbonyl (C=O) groups excluding carboxylic acids is 2. The number of nitrogens with zero attached hydrogens (tertiary/aromatic N) is 1. The van der Waals surface area contributed by atoms with E-state index in [-0.39, 0.29) is 12.3 Å². The van der Waals surface area contributed by atoms with Gasteiger partial charge in [0.2, 0.25) is 5.91 Å². The summed E-state index contributed by atoms with van der Waals surface area (Å²) < 4.78 is 17.1. The fourth-order valence-electron chi connectivity index (χ4n) is 4.56. The molecule has 0 aliphatic carbocycles. The molecule has 0 aromatic heterocycles. The molecule has 1 fully saturated rings. The van der Waals surface area contributed by atoms with Crippen LogP contribution in [0.15, 0.2) is 42.5 Å². The number of amides is 2. The molecule has 0 saturated carbocycles. The second kappa shape index (κ2) is 11.7. The number of nitrogens with one attached hydrogen (secondary N) is 2. The Balaban J connectivity index is 1.49. The molecule has 2 aromatic rings. The normalized spacial score (nSPS) is 21.9. The average molecular weight is 516 g/mol. The third-order valence-electron chi connectivity index (χ3n) is 6.43. The Morgan fingerprint density at radius 2 is 1.94 bits per heavy atom. The van der Waals surface area contributed by atoms with Gasteiger partial charge in [-0.05, 0) is 36.8 Å². The van der Waals surface area contributed by atoms with Gasteiger partial charge in [-0.3, -0.25) is 14.9 Å². The third-order valence-corrected chi connectivity index (χ3v) is 6.77. The minimum atomic E-state index is -1.20. The Labute approximate surface area is 213 Å². The van der Waals surface area contributed by atoms with Crippen LogP contribution in [0.2, 0.25) is 0 Å². The molecule has 4 rings (SSSR count). The number of para-hydroxylation sites is 2. The lowest BCUT2D eigenvalue weighted by molar-refractivity contribution is -0.139. The molecule has 9 nitrogen and oxygen atoms in total. The molecule has 3 N–H and O–H groups in total. The van der Waals surface area contributed by atoms with Gasteiger partial charge in [0.25, 0.3) is 5.91 Å². The Bertz CT molecular complexity index is 1070. The number of aliphatic hydroxyl groups is 1. The van der Waals surface area contributed by atoms with Gasteiger partial charge in [-0.1, -0.05) is 35.9 Å². The Hall–Kier alpha value is -2.55. The second-order valence-corrected chi connectivity index (χ2v) is 9.93. The summed E-state index contributed by atoms with van der Waals surface area (Å²) >= 11 is 0. The van der Waals surface area contributed by atoms with Crippen LogP contribution in [0.1, 0.15) is 24.5 Å². The molecular formula is C26H34N3O6P. The topological polar surface area (TPSA) is 109 Å². The van der Waals surface area contributed by atoms with Crippen LogP contribution in [0.25, 0.3) is 0 Å². The van der Waals surface area contributed by atoms with Crippen molar-refractivity contribution in [3.05, 3.63) is 53.6 Å². The van der Waals surface area contributed by atoms with Gasteiger partial charge in [-0.2, -0.15) is 0 Å². The number of likely N-dealkylation sites (N-methyl/N-ethyl adjacent to an activating group) is 1. The molecule has 10 heteroatoms. The van der Waals surface area contributed by atoms with Crippen LogP contribution in [0.4, 0.5) is 5.69 Å². The molecule has 0 bridgehead atoms. The third kappa shape index (κ3) is 6.22. The number of aryl methyl sites for hydroxylation is 1. The fourth-order valence-corrected chi connectivity index (χ4v) is 5.04. The number of benzene rings is 2. The highest BCUT2D eigenvalue weighted by atomic mass is 31.0. The van der Waals surface area contributed by atoms with E-state index in [0.717, 1.165) is 16.4 Å². The summed E-state index contributed by atoms with van der Waals surface area (Å²) in [5.74, 6) is -1.15. The smallest absolute Gasteiger partial charge is 0.253 e. The predicted molar refractivity (Wildman–Crippen MR) is 139 cm³/mol. The number of fused-ring (bicyclic) bond motifs is 1. The molecule has 2 aliphatic heterocycles. The molecule has 36 heavy (non-hydrogen) atoms. The van der Waals surface area contributed by atoms with E-state index in [4.69, 9.17) is 14.2 Å². The quantitative estimate of drug-likeness (QED) is 0.358. The average Bonchev–Trinajstić information content (AvgIpc) is 3.34. The summed E-state index contributed by atoms with van der Waals surface area (Å²) in [6.45, 7) is 4.96. The van der Waals surface area contributed by atoms with E-state index in [2.05, 4.69) is 19.9 Å². The van der Waals surface area contributed by atoms with Gasteiger partial charge in [-0.15, -0.1) is 9.24 Å². The largest absolute Gasteiger partial charge is 0.486 e. The summed E-state index contributed by atoms with van der Waals surface area (Å²) in [4.78, 5) is 28.2. The van der Waals surface area contributed by atoms with Crippen molar-refractivity contribution >= 4 is 32.0 Å². The van der Waals surface area contributed by atoms with Crippen molar-refractivity contribution in [2.75, 3.05) is 25.2 Å². The molecule has 3 unspecified atom stereocenters. The van der Waals surface area contributed by atoms with Gasteiger partial charge < -0.3 is 29.5 Å². The number of hydrogen-bond donors (Lipinski definition) is 3.